The van der Waals surface area contributed by atoms with E-state index in [1.807, 2.05) is 18.2 Å². The molecule has 3 aromatic rings. The standard InChI is InChI=1S/C20H23N3Si/c1-20(2,3)24(4,5)14-11-17-15-16-9-6-7-10-18(16)23(17)19-21-12-8-13-22-19/h6-10,12-13,15H,1-5H3. The summed E-state index contributed by atoms with van der Waals surface area (Å²) in [7, 11) is -1.68. The van der Waals surface area contributed by atoms with Gasteiger partial charge in [-0.15, -0.1) is 5.54 Å². The van der Waals surface area contributed by atoms with Crippen molar-refractivity contribution in [3.8, 4) is 17.4 Å². The Morgan fingerprint density at radius 1 is 1.00 bits per heavy atom. The Morgan fingerprint density at radius 2 is 1.67 bits per heavy atom. The summed E-state index contributed by atoms with van der Waals surface area (Å²) in [6, 6.07) is 12.2. The molecule has 0 radical (unpaired) electrons. The van der Waals surface area contributed by atoms with Gasteiger partial charge in [-0.1, -0.05) is 58.0 Å². The van der Waals surface area contributed by atoms with E-state index >= 15 is 0 Å². The van der Waals surface area contributed by atoms with Gasteiger partial charge >= 0.3 is 0 Å². The molecule has 0 saturated heterocycles. The van der Waals surface area contributed by atoms with Crippen molar-refractivity contribution in [1.82, 2.24) is 14.5 Å². The summed E-state index contributed by atoms with van der Waals surface area (Å²) in [4.78, 5) is 8.84. The average Bonchev–Trinajstić information content (AvgIpc) is 2.91. The molecule has 0 fully saturated rings. The van der Waals surface area contributed by atoms with Gasteiger partial charge in [-0.25, -0.2) is 9.97 Å². The van der Waals surface area contributed by atoms with Crippen LogP contribution in [0, 0.1) is 11.5 Å². The SMILES string of the molecule is CC(C)(C)[Si](C)(C)C#Cc1cc2ccccc2n1-c1ncccn1. The third-order valence-corrected chi connectivity index (χ3v) is 9.34. The molecular weight excluding hydrogens is 310 g/mol. The molecule has 0 bridgehead atoms. The van der Waals surface area contributed by atoms with Gasteiger partial charge in [0.25, 0.3) is 0 Å². The second kappa shape index (κ2) is 5.92. The van der Waals surface area contributed by atoms with Crippen LogP contribution in [-0.4, -0.2) is 22.6 Å². The highest BCUT2D eigenvalue weighted by atomic mass is 28.3. The molecule has 0 unspecified atom stereocenters. The minimum Gasteiger partial charge on any atom is -0.271 e. The van der Waals surface area contributed by atoms with E-state index in [2.05, 4.69) is 78.1 Å². The highest BCUT2D eigenvalue weighted by molar-refractivity contribution is 6.87. The number of para-hydroxylation sites is 1. The second-order valence-electron chi connectivity index (χ2n) is 7.60. The van der Waals surface area contributed by atoms with E-state index in [4.69, 9.17) is 0 Å². The zero-order chi connectivity index (χ0) is 17.4. The van der Waals surface area contributed by atoms with Crippen LogP contribution < -0.4 is 0 Å². The van der Waals surface area contributed by atoms with Crippen LogP contribution in [-0.2, 0) is 0 Å². The van der Waals surface area contributed by atoms with Crippen molar-refractivity contribution in [1.29, 1.82) is 0 Å². The highest BCUT2D eigenvalue weighted by Gasteiger charge is 2.33. The molecule has 4 heteroatoms. The maximum Gasteiger partial charge on any atom is 0.235 e. The second-order valence-corrected chi connectivity index (χ2v) is 12.6. The molecule has 0 saturated carbocycles. The number of rotatable bonds is 1. The van der Waals surface area contributed by atoms with Crippen molar-refractivity contribution in [2.45, 2.75) is 38.9 Å². The van der Waals surface area contributed by atoms with E-state index in [1.165, 1.54) is 0 Å². The third-order valence-electron chi connectivity index (χ3n) is 4.84. The van der Waals surface area contributed by atoms with E-state index in [-0.39, 0.29) is 5.04 Å². The largest absolute Gasteiger partial charge is 0.271 e. The predicted octanol–water partition coefficient (Wildman–Crippen LogP) is 4.82. The molecule has 24 heavy (non-hydrogen) atoms. The van der Waals surface area contributed by atoms with Crippen LogP contribution in [0.5, 0.6) is 0 Å². The average molecular weight is 334 g/mol. The summed E-state index contributed by atoms with van der Waals surface area (Å²) in [6.45, 7) is 11.5. The normalized spacial score (nSPS) is 12.0. The fourth-order valence-corrected chi connectivity index (χ4v) is 3.09. The van der Waals surface area contributed by atoms with Crippen LogP contribution in [0.1, 0.15) is 26.5 Å². The number of hydrogen-bond donors (Lipinski definition) is 0. The summed E-state index contributed by atoms with van der Waals surface area (Å²) in [6.07, 6.45) is 3.53. The Balaban J connectivity index is 2.20. The maximum atomic E-state index is 4.42. The molecule has 0 atom stereocenters. The van der Waals surface area contributed by atoms with Gasteiger partial charge < -0.3 is 0 Å². The first-order valence-electron chi connectivity index (χ1n) is 8.21. The summed E-state index contributed by atoms with van der Waals surface area (Å²) >= 11 is 0. The highest BCUT2D eigenvalue weighted by Crippen LogP contribution is 2.35. The van der Waals surface area contributed by atoms with Gasteiger partial charge in [0, 0.05) is 17.8 Å². The van der Waals surface area contributed by atoms with Crippen LogP contribution in [0.4, 0.5) is 0 Å². The molecule has 3 rings (SSSR count). The van der Waals surface area contributed by atoms with Crippen LogP contribution in [0.2, 0.25) is 18.1 Å². The van der Waals surface area contributed by atoms with Gasteiger partial charge in [-0.3, -0.25) is 4.57 Å². The van der Waals surface area contributed by atoms with Gasteiger partial charge in [-0.05, 0) is 23.2 Å². The number of nitrogens with zero attached hydrogens (tertiary/aromatic N) is 3. The number of hydrogen-bond acceptors (Lipinski definition) is 2. The summed E-state index contributed by atoms with van der Waals surface area (Å²) in [5.74, 6) is 4.11. The topological polar surface area (TPSA) is 30.7 Å². The zero-order valence-electron chi connectivity index (χ0n) is 15.0. The van der Waals surface area contributed by atoms with Gasteiger partial charge in [0.1, 0.15) is 8.07 Å². The molecule has 0 aliphatic heterocycles. The number of aromatic nitrogens is 3. The maximum absolute atomic E-state index is 4.42. The first-order chi connectivity index (χ1) is 11.3. The summed E-state index contributed by atoms with van der Waals surface area (Å²) in [5, 5.41) is 1.39. The summed E-state index contributed by atoms with van der Waals surface area (Å²) in [5.41, 5.74) is 5.64. The smallest absolute Gasteiger partial charge is 0.235 e. The molecule has 0 N–H and O–H groups in total. The Morgan fingerprint density at radius 3 is 2.33 bits per heavy atom. The molecule has 0 aliphatic rings. The Kier molecular flexibility index (Phi) is 4.06. The molecule has 0 amide bonds. The lowest BCUT2D eigenvalue weighted by Gasteiger charge is -2.31. The first-order valence-corrected chi connectivity index (χ1v) is 11.2. The third kappa shape index (κ3) is 3.00. The molecule has 0 spiro atoms. The lowest BCUT2D eigenvalue weighted by Crippen LogP contribution is -2.35. The molecule has 1 aromatic carbocycles. The quantitative estimate of drug-likeness (QED) is 0.472. The van der Waals surface area contributed by atoms with E-state index in [9.17, 15) is 0 Å². The van der Waals surface area contributed by atoms with Crippen LogP contribution >= 0.6 is 0 Å². The molecule has 0 aliphatic carbocycles. The van der Waals surface area contributed by atoms with E-state index in [0.29, 0.717) is 5.95 Å². The van der Waals surface area contributed by atoms with Gasteiger partial charge in [0.05, 0.1) is 11.2 Å². The van der Waals surface area contributed by atoms with Gasteiger partial charge in [-0.2, -0.15) is 0 Å². The molecule has 3 nitrogen and oxygen atoms in total. The fourth-order valence-electron chi connectivity index (χ4n) is 2.28. The van der Waals surface area contributed by atoms with Crippen LogP contribution in [0.25, 0.3) is 16.9 Å². The Labute approximate surface area is 144 Å². The van der Waals surface area contributed by atoms with Gasteiger partial charge in [0.15, 0.2) is 0 Å². The minimum atomic E-state index is -1.68. The van der Waals surface area contributed by atoms with E-state index in [1.54, 1.807) is 12.4 Å². The lowest BCUT2D eigenvalue weighted by molar-refractivity contribution is 0.731. The predicted molar refractivity (Wildman–Crippen MR) is 103 cm³/mol. The molecule has 2 aromatic heterocycles. The molecular formula is C20H23N3Si. The van der Waals surface area contributed by atoms with Crippen molar-refractivity contribution < 1.29 is 0 Å². The summed E-state index contributed by atoms with van der Waals surface area (Å²) < 4.78 is 2.05. The van der Waals surface area contributed by atoms with Gasteiger partial charge in [0.2, 0.25) is 5.95 Å². The Bertz CT molecular complexity index is 922. The minimum absolute atomic E-state index is 0.236. The number of benzene rings is 1. The molecule has 122 valence electrons. The van der Waals surface area contributed by atoms with Crippen molar-refractivity contribution in [3.63, 3.8) is 0 Å². The van der Waals surface area contributed by atoms with Crippen LogP contribution in [0.3, 0.4) is 0 Å². The van der Waals surface area contributed by atoms with Crippen molar-refractivity contribution in [2.75, 3.05) is 0 Å². The lowest BCUT2D eigenvalue weighted by atomic mass is 10.2. The van der Waals surface area contributed by atoms with Crippen molar-refractivity contribution in [2.24, 2.45) is 0 Å². The van der Waals surface area contributed by atoms with Crippen molar-refractivity contribution >= 4 is 19.0 Å². The first kappa shape index (κ1) is 16.5. The number of fused-ring (bicyclic) bond motifs is 1. The zero-order valence-corrected chi connectivity index (χ0v) is 16.0. The molecule has 2 heterocycles. The van der Waals surface area contributed by atoms with E-state index in [0.717, 1.165) is 16.6 Å². The monoisotopic (exact) mass is 333 g/mol. The van der Waals surface area contributed by atoms with E-state index < -0.39 is 8.07 Å². The van der Waals surface area contributed by atoms with Crippen molar-refractivity contribution in [3.05, 3.63) is 54.5 Å². The van der Waals surface area contributed by atoms with Crippen LogP contribution in [0.15, 0.2) is 48.8 Å². The fraction of sp³-hybridized carbons (Fsp3) is 0.300. The Hall–Kier alpha value is -2.38.